The van der Waals surface area contributed by atoms with Crippen molar-refractivity contribution < 1.29 is 19.1 Å². The van der Waals surface area contributed by atoms with Gasteiger partial charge in [-0.2, -0.15) is 0 Å². The van der Waals surface area contributed by atoms with E-state index in [0.717, 1.165) is 12.8 Å². The molecule has 6 nitrogen and oxygen atoms in total. The van der Waals surface area contributed by atoms with Crippen LogP contribution in [-0.2, 0) is 14.3 Å². The number of amides is 2. The predicted molar refractivity (Wildman–Crippen MR) is 83.8 cm³/mol. The minimum Gasteiger partial charge on any atom is -0.462 e. The zero-order valence-electron chi connectivity index (χ0n) is 13.0. The zero-order chi connectivity index (χ0) is 16.4. The number of hydrogen-bond acceptors (Lipinski definition) is 4. The first-order valence-corrected chi connectivity index (χ1v) is 7.97. The van der Waals surface area contributed by atoms with E-state index in [1.54, 1.807) is 31.2 Å². The van der Waals surface area contributed by atoms with E-state index in [0.29, 0.717) is 30.3 Å². The molecule has 1 aromatic rings. The van der Waals surface area contributed by atoms with Gasteiger partial charge in [0.15, 0.2) is 0 Å². The average molecular weight is 316 g/mol. The molecule has 1 aromatic carbocycles. The maximum absolute atomic E-state index is 12.1. The van der Waals surface area contributed by atoms with Crippen LogP contribution in [-0.4, -0.2) is 30.4 Å². The van der Waals surface area contributed by atoms with Crippen LogP contribution in [0.15, 0.2) is 24.3 Å². The number of rotatable bonds is 6. The first kappa shape index (κ1) is 15.5. The lowest BCUT2D eigenvalue weighted by atomic mass is 10.2. The van der Waals surface area contributed by atoms with Crippen LogP contribution in [0, 0.1) is 11.8 Å². The number of esters is 1. The summed E-state index contributed by atoms with van der Waals surface area (Å²) in [5.74, 6) is -0.993. The lowest BCUT2D eigenvalue weighted by molar-refractivity contribution is -0.125. The van der Waals surface area contributed by atoms with E-state index in [2.05, 4.69) is 10.6 Å². The Bertz CT molecular complexity index is 622. The summed E-state index contributed by atoms with van der Waals surface area (Å²) in [5.41, 5.74) is 1.05. The summed E-state index contributed by atoms with van der Waals surface area (Å²) < 4.78 is 4.90. The maximum Gasteiger partial charge on any atom is 0.338 e. The molecule has 2 aliphatic rings. The molecule has 0 radical (unpaired) electrons. The van der Waals surface area contributed by atoms with Gasteiger partial charge in [0, 0.05) is 11.7 Å². The average Bonchev–Trinajstić information content (AvgIpc) is 3.42. The maximum atomic E-state index is 12.1. The van der Waals surface area contributed by atoms with Crippen molar-refractivity contribution in [3.8, 4) is 0 Å². The molecule has 6 heteroatoms. The van der Waals surface area contributed by atoms with Crippen molar-refractivity contribution in [3.63, 3.8) is 0 Å². The van der Waals surface area contributed by atoms with Crippen molar-refractivity contribution >= 4 is 23.5 Å². The molecular formula is C17H20N2O4. The smallest absolute Gasteiger partial charge is 0.338 e. The van der Waals surface area contributed by atoms with Gasteiger partial charge in [-0.3, -0.25) is 9.59 Å². The fraction of sp³-hybridized carbons (Fsp3) is 0.471. The van der Waals surface area contributed by atoms with Crippen molar-refractivity contribution in [2.45, 2.75) is 32.2 Å². The van der Waals surface area contributed by atoms with Gasteiger partial charge in [0.1, 0.15) is 0 Å². The van der Waals surface area contributed by atoms with Gasteiger partial charge in [0.25, 0.3) is 0 Å². The molecule has 122 valence electrons. The molecule has 2 amide bonds. The highest BCUT2D eigenvalue weighted by atomic mass is 16.5. The Hall–Kier alpha value is -2.37. The number of benzene rings is 1. The van der Waals surface area contributed by atoms with Crippen molar-refractivity contribution in [1.82, 2.24) is 5.32 Å². The topological polar surface area (TPSA) is 84.5 Å². The first-order chi connectivity index (χ1) is 11.1. The summed E-state index contributed by atoms with van der Waals surface area (Å²) in [6, 6.07) is 6.86. The van der Waals surface area contributed by atoms with Crippen molar-refractivity contribution in [2.24, 2.45) is 11.8 Å². The van der Waals surface area contributed by atoms with Crippen LogP contribution in [0.3, 0.4) is 0 Å². The standard InChI is InChI=1S/C17H20N2O4/c1-2-23-17(22)10-3-5-11(6-4-10)18-15(20)13-9-14(13)16(21)19-12-7-8-12/h3-6,12-14H,2,7-9H2,1H3,(H,18,20)(H,19,21). The molecule has 0 saturated heterocycles. The van der Waals surface area contributed by atoms with Gasteiger partial charge in [-0.25, -0.2) is 4.79 Å². The molecule has 0 spiro atoms. The molecule has 2 fully saturated rings. The Kier molecular flexibility index (Phi) is 4.32. The second-order valence-corrected chi connectivity index (χ2v) is 6.02. The number of anilines is 1. The second-order valence-electron chi connectivity index (χ2n) is 6.02. The molecule has 2 atom stereocenters. The Morgan fingerprint density at radius 1 is 1.09 bits per heavy atom. The number of carbonyl (C=O) groups excluding carboxylic acids is 3. The predicted octanol–water partition coefficient (Wildman–Crippen LogP) is 1.72. The fourth-order valence-electron chi connectivity index (χ4n) is 2.45. The van der Waals surface area contributed by atoms with E-state index >= 15 is 0 Å². The number of carbonyl (C=O) groups is 3. The summed E-state index contributed by atoms with van der Waals surface area (Å²) >= 11 is 0. The van der Waals surface area contributed by atoms with Gasteiger partial charge in [-0.05, 0) is 50.5 Å². The van der Waals surface area contributed by atoms with Crippen LogP contribution in [0.25, 0.3) is 0 Å². The van der Waals surface area contributed by atoms with Gasteiger partial charge in [-0.1, -0.05) is 0 Å². The Balaban J connectivity index is 1.50. The molecule has 0 bridgehead atoms. The van der Waals surface area contributed by atoms with E-state index in [-0.39, 0.29) is 29.6 Å². The van der Waals surface area contributed by atoms with Gasteiger partial charge < -0.3 is 15.4 Å². The lowest BCUT2D eigenvalue weighted by Gasteiger charge is -2.07. The number of ether oxygens (including phenoxy) is 1. The van der Waals surface area contributed by atoms with E-state index in [9.17, 15) is 14.4 Å². The fourth-order valence-corrected chi connectivity index (χ4v) is 2.45. The largest absolute Gasteiger partial charge is 0.462 e. The third kappa shape index (κ3) is 3.88. The summed E-state index contributed by atoms with van der Waals surface area (Å²) in [6.07, 6.45) is 2.69. The van der Waals surface area contributed by atoms with Crippen LogP contribution in [0.2, 0.25) is 0 Å². The molecule has 23 heavy (non-hydrogen) atoms. The normalized spacial score (nSPS) is 22.1. The Morgan fingerprint density at radius 3 is 2.35 bits per heavy atom. The summed E-state index contributed by atoms with van der Waals surface area (Å²) in [4.78, 5) is 35.5. The van der Waals surface area contributed by atoms with Crippen LogP contribution in [0.5, 0.6) is 0 Å². The van der Waals surface area contributed by atoms with Gasteiger partial charge in [0.05, 0.1) is 24.0 Å². The third-order valence-corrected chi connectivity index (χ3v) is 4.05. The molecule has 0 aromatic heterocycles. The van der Waals surface area contributed by atoms with Crippen LogP contribution >= 0.6 is 0 Å². The van der Waals surface area contributed by atoms with E-state index in [1.807, 2.05) is 0 Å². The Labute approximate surface area is 134 Å². The molecule has 2 saturated carbocycles. The van der Waals surface area contributed by atoms with Crippen molar-refractivity contribution in [3.05, 3.63) is 29.8 Å². The quantitative estimate of drug-likeness (QED) is 0.783. The van der Waals surface area contributed by atoms with Crippen LogP contribution in [0.4, 0.5) is 5.69 Å². The molecule has 0 heterocycles. The molecule has 0 aliphatic heterocycles. The SMILES string of the molecule is CCOC(=O)c1ccc(NC(=O)C2CC2C(=O)NC2CC2)cc1. The molecule has 3 rings (SSSR count). The van der Waals surface area contributed by atoms with Crippen molar-refractivity contribution in [1.29, 1.82) is 0 Å². The zero-order valence-corrected chi connectivity index (χ0v) is 13.0. The van der Waals surface area contributed by atoms with Gasteiger partial charge in [0.2, 0.25) is 11.8 Å². The first-order valence-electron chi connectivity index (χ1n) is 7.97. The number of nitrogens with one attached hydrogen (secondary N) is 2. The van der Waals surface area contributed by atoms with E-state index in [1.165, 1.54) is 0 Å². The van der Waals surface area contributed by atoms with E-state index in [4.69, 9.17) is 4.74 Å². The van der Waals surface area contributed by atoms with Gasteiger partial charge in [-0.15, -0.1) is 0 Å². The van der Waals surface area contributed by atoms with Crippen molar-refractivity contribution in [2.75, 3.05) is 11.9 Å². The second kappa shape index (κ2) is 6.40. The summed E-state index contributed by atoms with van der Waals surface area (Å²) in [5, 5.41) is 5.71. The number of hydrogen-bond donors (Lipinski definition) is 2. The minimum absolute atomic E-state index is 0.00897. The summed E-state index contributed by atoms with van der Waals surface area (Å²) in [7, 11) is 0. The molecule has 2 unspecified atom stereocenters. The summed E-state index contributed by atoms with van der Waals surface area (Å²) in [6.45, 7) is 2.07. The lowest BCUT2D eigenvalue weighted by Crippen LogP contribution is -2.29. The molecule has 2 N–H and O–H groups in total. The van der Waals surface area contributed by atoms with Crippen LogP contribution in [0.1, 0.15) is 36.5 Å². The van der Waals surface area contributed by atoms with E-state index < -0.39 is 0 Å². The monoisotopic (exact) mass is 316 g/mol. The van der Waals surface area contributed by atoms with Gasteiger partial charge >= 0.3 is 5.97 Å². The van der Waals surface area contributed by atoms with Crippen LogP contribution < -0.4 is 10.6 Å². The Morgan fingerprint density at radius 2 is 1.74 bits per heavy atom. The third-order valence-electron chi connectivity index (χ3n) is 4.05. The minimum atomic E-state index is -0.385. The molecule has 2 aliphatic carbocycles. The highest BCUT2D eigenvalue weighted by Gasteiger charge is 2.48. The highest BCUT2D eigenvalue weighted by molar-refractivity contribution is 6.00. The highest BCUT2D eigenvalue weighted by Crippen LogP contribution is 2.40. The molecular weight excluding hydrogens is 296 g/mol.